The summed E-state index contributed by atoms with van der Waals surface area (Å²) >= 11 is 0. The van der Waals surface area contributed by atoms with E-state index in [1.54, 1.807) is 38.1 Å². The van der Waals surface area contributed by atoms with Crippen molar-refractivity contribution in [1.82, 2.24) is 14.5 Å². The molecule has 0 bridgehead atoms. The van der Waals surface area contributed by atoms with Gasteiger partial charge in [-0.2, -0.15) is 0 Å². The first kappa shape index (κ1) is 16.7. The number of nitrogens with one attached hydrogen (secondary N) is 1. The Morgan fingerprint density at radius 3 is 2.43 bits per heavy atom. The normalized spacial score (nSPS) is 11.0. The van der Waals surface area contributed by atoms with Crippen LogP contribution in [0.2, 0.25) is 0 Å². The SMILES string of the molecule is Cc1ccc(-n2c(=O)[nH]c(C(=O)O)c(CN(C)C)c2=O)c(C)c1. The van der Waals surface area contributed by atoms with Gasteiger partial charge in [0.25, 0.3) is 5.56 Å². The number of hydrogen-bond donors (Lipinski definition) is 2. The van der Waals surface area contributed by atoms with Crippen LogP contribution in [0.25, 0.3) is 5.69 Å². The van der Waals surface area contributed by atoms with Crippen molar-refractivity contribution in [3.63, 3.8) is 0 Å². The molecular weight excluding hydrogens is 298 g/mol. The van der Waals surface area contributed by atoms with Crippen LogP contribution >= 0.6 is 0 Å². The van der Waals surface area contributed by atoms with E-state index in [0.29, 0.717) is 5.69 Å². The lowest BCUT2D eigenvalue weighted by Crippen LogP contribution is -2.40. The maximum absolute atomic E-state index is 12.7. The summed E-state index contributed by atoms with van der Waals surface area (Å²) in [5.41, 5.74) is 0.507. The van der Waals surface area contributed by atoms with Crippen LogP contribution in [0.4, 0.5) is 0 Å². The lowest BCUT2D eigenvalue weighted by Gasteiger charge is -2.15. The van der Waals surface area contributed by atoms with E-state index in [9.17, 15) is 19.5 Å². The minimum Gasteiger partial charge on any atom is -0.477 e. The monoisotopic (exact) mass is 317 g/mol. The van der Waals surface area contributed by atoms with Crippen LogP contribution in [0.15, 0.2) is 27.8 Å². The van der Waals surface area contributed by atoms with Crippen molar-refractivity contribution >= 4 is 5.97 Å². The lowest BCUT2D eigenvalue weighted by molar-refractivity contribution is 0.0687. The van der Waals surface area contributed by atoms with Gasteiger partial charge in [-0.3, -0.25) is 4.79 Å². The van der Waals surface area contributed by atoms with Crippen LogP contribution in [-0.2, 0) is 6.54 Å². The van der Waals surface area contributed by atoms with Gasteiger partial charge in [0.2, 0.25) is 0 Å². The molecule has 7 nitrogen and oxygen atoms in total. The Balaban J connectivity index is 2.82. The second-order valence-corrected chi connectivity index (χ2v) is 5.76. The summed E-state index contributed by atoms with van der Waals surface area (Å²) in [6.45, 7) is 3.82. The quantitative estimate of drug-likeness (QED) is 0.873. The molecule has 0 fully saturated rings. The standard InChI is InChI=1S/C16H19N3O4/c1-9-5-6-12(10(2)7-9)19-14(20)11(8-18(3)4)13(15(21)22)17-16(19)23/h5-7H,8H2,1-4H3,(H,17,23)(H,21,22). The Hall–Kier alpha value is -2.67. The lowest BCUT2D eigenvalue weighted by atomic mass is 10.1. The van der Waals surface area contributed by atoms with Gasteiger partial charge in [-0.1, -0.05) is 17.7 Å². The zero-order chi connectivity index (χ0) is 17.3. The van der Waals surface area contributed by atoms with E-state index in [1.807, 2.05) is 13.0 Å². The van der Waals surface area contributed by atoms with Gasteiger partial charge in [0.1, 0.15) is 5.69 Å². The molecule has 0 amide bonds. The predicted molar refractivity (Wildman–Crippen MR) is 86.5 cm³/mol. The first-order chi connectivity index (χ1) is 10.7. The van der Waals surface area contributed by atoms with E-state index < -0.39 is 17.2 Å². The molecule has 0 radical (unpaired) electrons. The molecule has 1 aromatic carbocycles. The first-order valence-electron chi connectivity index (χ1n) is 7.06. The highest BCUT2D eigenvalue weighted by molar-refractivity contribution is 5.86. The van der Waals surface area contributed by atoms with Gasteiger partial charge in [0, 0.05) is 6.54 Å². The van der Waals surface area contributed by atoms with E-state index in [1.165, 1.54) is 0 Å². The molecule has 1 heterocycles. The van der Waals surface area contributed by atoms with Gasteiger partial charge >= 0.3 is 11.7 Å². The number of rotatable bonds is 4. The van der Waals surface area contributed by atoms with Crippen LogP contribution in [-0.4, -0.2) is 39.6 Å². The Labute approximate surface area is 132 Å². The van der Waals surface area contributed by atoms with Crippen LogP contribution < -0.4 is 11.2 Å². The van der Waals surface area contributed by atoms with Crippen LogP contribution in [0.3, 0.4) is 0 Å². The molecule has 0 aliphatic rings. The van der Waals surface area contributed by atoms with E-state index in [-0.39, 0.29) is 17.8 Å². The topological polar surface area (TPSA) is 95.4 Å². The molecule has 0 aliphatic heterocycles. The molecular formula is C16H19N3O4. The second-order valence-electron chi connectivity index (χ2n) is 5.76. The predicted octanol–water partition coefficient (Wildman–Crippen LogP) is 0.902. The minimum absolute atomic E-state index is 0.0436. The highest BCUT2D eigenvalue weighted by atomic mass is 16.4. The fourth-order valence-corrected chi connectivity index (χ4v) is 2.49. The van der Waals surface area contributed by atoms with Gasteiger partial charge in [0.05, 0.1) is 11.3 Å². The van der Waals surface area contributed by atoms with E-state index >= 15 is 0 Å². The molecule has 0 atom stereocenters. The Kier molecular flexibility index (Phi) is 4.51. The maximum Gasteiger partial charge on any atom is 0.352 e. The molecule has 2 aromatic rings. The zero-order valence-electron chi connectivity index (χ0n) is 13.5. The largest absolute Gasteiger partial charge is 0.477 e. The number of hydrogen-bond acceptors (Lipinski definition) is 4. The number of aromatic nitrogens is 2. The van der Waals surface area contributed by atoms with Crippen molar-refractivity contribution in [3.8, 4) is 5.69 Å². The highest BCUT2D eigenvalue weighted by Gasteiger charge is 2.20. The smallest absolute Gasteiger partial charge is 0.352 e. The summed E-state index contributed by atoms with van der Waals surface area (Å²) in [7, 11) is 3.44. The Bertz CT molecular complexity index is 878. The number of carboxylic acid groups (broad SMARTS) is 1. The van der Waals surface area contributed by atoms with Crippen LogP contribution in [0.5, 0.6) is 0 Å². The van der Waals surface area contributed by atoms with Crippen molar-refractivity contribution in [2.75, 3.05) is 14.1 Å². The fourth-order valence-electron chi connectivity index (χ4n) is 2.49. The number of aryl methyl sites for hydroxylation is 2. The van der Waals surface area contributed by atoms with E-state index in [4.69, 9.17) is 0 Å². The van der Waals surface area contributed by atoms with Gasteiger partial charge in [0.15, 0.2) is 0 Å². The number of aromatic amines is 1. The summed E-state index contributed by atoms with van der Waals surface area (Å²) in [4.78, 5) is 40.3. The Morgan fingerprint density at radius 1 is 1.26 bits per heavy atom. The van der Waals surface area contributed by atoms with Gasteiger partial charge in [-0.05, 0) is 39.6 Å². The molecule has 2 rings (SSSR count). The van der Waals surface area contributed by atoms with E-state index in [0.717, 1.165) is 15.7 Å². The number of carboxylic acids is 1. The minimum atomic E-state index is -1.33. The number of nitrogens with zero attached hydrogens (tertiary/aromatic N) is 2. The van der Waals surface area contributed by atoms with Crippen molar-refractivity contribution in [3.05, 3.63) is 61.4 Å². The van der Waals surface area contributed by atoms with Crippen molar-refractivity contribution in [1.29, 1.82) is 0 Å². The van der Waals surface area contributed by atoms with Gasteiger partial charge in [-0.15, -0.1) is 0 Å². The van der Waals surface area contributed by atoms with Crippen molar-refractivity contribution in [2.24, 2.45) is 0 Å². The highest BCUT2D eigenvalue weighted by Crippen LogP contribution is 2.13. The first-order valence-corrected chi connectivity index (χ1v) is 7.06. The molecule has 1 aromatic heterocycles. The maximum atomic E-state index is 12.7. The summed E-state index contributed by atoms with van der Waals surface area (Å²) in [5, 5.41) is 9.24. The summed E-state index contributed by atoms with van der Waals surface area (Å²) < 4.78 is 0.986. The number of carbonyl (C=O) groups is 1. The third kappa shape index (κ3) is 3.24. The number of H-pyrrole nitrogens is 1. The van der Waals surface area contributed by atoms with Crippen molar-refractivity contribution in [2.45, 2.75) is 20.4 Å². The van der Waals surface area contributed by atoms with Gasteiger partial charge < -0.3 is 15.0 Å². The Morgan fingerprint density at radius 2 is 1.91 bits per heavy atom. The molecule has 7 heteroatoms. The van der Waals surface area contributed by atoms with Gasteiger partial charge in [-0.25, -0.2) is 14.2 Å². The van der Waals surface area contributed by atoms with Crippen LogP contribution in [0.1, 0.15) is 27.2 Å². The third-order valence-electron chi connectivity index (χ3n) is 3.48. The average molecular weight is 317 g/mol. The summed E-state index contributed by atoms with van der Waals surface area (Å²) in [6, 6.07) is 5.34. The molecule has 122 valence electrons. The van der Waals surface area contributed by atoms with Crippen molar-refractivity contribution < 1.29 is 9.90 Å². The zero-order valence-corrected chi connectivity index (χ0v) is 13.5. The number of benzene rings is 1. The molecule has 0 aliphatic carbocycles. The summed E-state index contributed by atoms with van der Waals surface area (Å²) in [6.07, 6.45) is 0. The molecule has 0 saturated heterocycles. The average Bonchev–Trinajstić information content (AvgIpc) is 2.43. The second kappa shape index (κ2) is 6.21. The molecule has 23 heavy (non-hydrogen) atoms. The number of aromatic carboxylic acids is 1. The molecule has 0 unspecified atom stereocenters. The summed E-state index contributed by atoms with van der Waals surface area (Å²) in [5.74, 6) is -1.33. The molecule has 0 saturated carbocycles. The molecule has 0 spiro atoms. The van der Waals surface area contributed by atoms with Crippen LogP contribution in [0, 0.1) is 13.8 Å². The fraction of sp³-hybridized carbons (Fsp3) is 0.312. The molecule has 2 N–H and O–H groups in total. The van der Waals surface area contributed by atoms with E-state index in [2.05, 4.69) is 4.98 Å². The third-order valence-corrected chi connectivity index (χ3v) is 3.48.